The fraction of sp³-hybridized carbons (Fsp3) is 0.294. The second kappa shape index (κ2) is 6.11. The lowest BCUT2D eigenvalue weighted by Crippen LogP contribution is -2.34. The van der Waals surface area contributed by atoms with Crippen molar-refractivity contribution in [1.82, 2.24) is 9.88 Å². The number of alkyl halides is 2. The standard InChI is InChI=1S/C17H15F2N3O2S/c18-17(19)23-14-4-3-12(10-15(14)24-17)21-16(25)22-9-1-2-13(22)11-5-7-20-8-6-11/h3-8,10,13H,1-2,9H2,(H,21,25). The minimum Gasteiger partial charge on any atom is -0.395 e. The Bertz CT molecular complexity index is 804. The van der Waals surface area contributed by atoms with Gasteiger partial charge in [0.05, 0.1) is 6.04 Å². The zero-order valence-corrected chi connectivity index (χ0v) is 13.9. The van der Waals surface area contributed by atoms with Crippen LogP contribution in [-0.2, 0) is 0 Å². The molecule has 2 aliphatic heterocycles. The number of aromatic nitrogens is 1. The van der Waals surface area contributed by atoms with Gasteiger partial charge in [-0.1, -0.05) is 0 Å². The van der Waals surface area contributed by atoms with Crippen LogP contribution in [0.15, 0.2) is 42.7 Å². The van der Waals surface area contributed by atoms with Crippen LogP contribution < -0.4 is 14.8 Å². The van der Waals surface area contributed by atoms with Crippen molar-refractivity contribution in [3.05, 3.63) is 48.3 Å². The molecule has 4 rings (SSSR count). The highest BCUT2D eigenvalue weighted by Gasteiger charge is 2.43. The van der Waals surface area contributed by atoms with E-state index < -0.39 is 6.29 Å². The minimum atomic E-state index is -3.62. The molecule has 1 saturated heterocycles. The molecular formula is C17H15F2N3O2S. The Balaban J connectivity index is 1.49. The van der Waals surface area contributed by atoms with Gasteiger partial charge >= 0.3 is 6.29 Å². The molecule has 1 unspecified atom stereocenters. The van der Waals surface area contributed by atoms with Gasteiger partial charge in [-0.3, -0.25) is 4.98 Å². The van der Waals surface area contributed by atoms with Crippen molar-refractivity contribution in [3.63, 3.8) is 0 Å². The minimum absolute atomic E-state index is 0.00935. The number of hydrogen-bond donors (Lipinski definition) is 1. The molecule has 0 saturated carbocycles. The summed E-state index contributed by atoms with van der Waals surface area (Å²) in [5.74, 6) is 0.00205. The Labute approximate surface area is 148 Å². The summed E-state index contributed by atoms with van der Waals surface area (Å²) in [6.45, 7) is 0.835. The van der Waals surface area contributed by atoms with Crippen LogP contribution in [0.4, 0.5) is 14.5 Å². The molecule has 1 aromatic heterocycles. The van der Waals surface area contributed by atoms with Crippen LogP contribution in [0.1, 0.15) is 24.4 Å². The van der Waals surface area contributed by atoms with E-state index in [-0.39, 0.29) is 17.5 Å². The molecule has 1 N–H and O–H groups in total. The normalized spacial score (nSPS) is 20.6. The number of fused-ring (bicyclic) bond motifs is 1. The van der Waals surface area contributed by atoms with E-state index in [4.69, 9.17) is 12.2 Å². The van der Waals surface area contributed by atoms with Crippen molar-refractivity contribution in [1.29, 1.82) is 0 Å². The predicted octanol–water partition coefficient (Wildman–Crippen LogP) is 3.94. The molecule has 3 heterocycles. The number of rotatable bonds is 2. The van der Waals surface area contributed by atoms with E-state index in [9.17, 15) is 8.78 Å². The van der Waals surface area contributed by atoms with Crippen molar-refractivity contribution in [2.75, 3.05) is 11.9 Å². The zero-order chi connectivity index (χ0) is 17.4. The van der Waals surface area contributed by atoms with E-state index in [1.54, 1.807) is 18.5 Å². The Hall–Kier alpha value is -2.48. The van der Waals surface area contributed by atoms with Gasteiger partial charge in [0.25, 0.3) is 0 Å². The Morgan fingerprint density at radius 3 is 2.76 bits per heavy atom. The molecule has 0 spiro atoms. The largest absolute Gasteiger partial charge is 0.586 e. The third-order valence-corrected chi connectivity index (χ3v) is 4.59. The Kier molecular flexibility index (Phi) is 3.91. The number of benzene rings is 1. The molecule has 130 valence electrons. The van der Waals surface area contributed by atoms with Gasteiger partial charge < -0.3 is 19.7 Å². The highest BCUT2D eigenvalue weighted by Crippen LogP contribution is 2.42. The number of anilines is 1. The summed E-state index contributed by atoms with van der Waals surface area (Å²) in [7, 11) is 0. The van der Waals surface area contributed by atoms with Gasteiger partial charge in [-0.25, -0.2) is 0 Å². The third-order valence-electron chi connectivity index (χ3n) is 4.26. The molecular weight excluding hydrogens is 348 g/mol. The summed E-state index contributed by atoms with van der Waals surface area (Å²) in [5.41, 5.74) is 1.73. The second-order valence-electron chi connectivity index (χ2n) is 5.89. The summed E-state index contributed by atoms with van der Waals surface area (Å²) in [5, 5.41) is 3.65. The fourth-order valence-corrected chi connectivity index (χ4v) is 3.50. The van der Waals surface area contributed by atoms with E-state index in [1.807, 2.05) is 12.1 Å². The average Bonchev–Trinajstić information content (AvgIpc) is 3.18. The average molecular weight is 363 g/mol. The first kappa shape index (κ1) is 16.0. The van der Waals surface area contributed by atoms with E-state index in [1.165, 1.54) is 12.1 Å². The molecule has 8 heteroatoms. The van der Waals surface area contributed by atoms with Crippen molar-refractivity contribution < 1.29 is 18.3 Å². The zero-order valence-electron chi connectivity index (χ0n) is 13.1. The van der Waals surface area contributed by atoms with Crippen LogP contribution in [0.3, 0.4) is 0 Å². The summed E-state index contributed by atoms with van der Waals surface area (Å²) < 4.78 is 35.1. The molecule has 1 aromatic carbocycles. The number of halogens is 2. The molecule has 5 nitrogen and oxygen atoms in total. The monoisotopic (exact) mass is 363 g/mol. The van der Waals surface area contributed by atoms with Crippen molar-refractivity contribution in [2.24, 2.45) is 0 Å². The van der Waals surface area contributed by atoms with Gasteiger partial charge in [0.1, 0.15) is 0 Å². The molecule has 1 fully saturated rings. The van der Waals surface area contributed by atoms with Crippen LogP contribution in [0.5, 0.6) is 11.5 Å². The molecule has 1 atom stereocenters. The number of pyridine rings is 1. The lowest BCUT2D eigenvalue weighted by atomic mass is 10.1. The molecule has 2 aromatic rings. The quantitative estimate of drug-likeness (QED) is 0.816. The van der Waals surface area contributed by atoms with Crippen molar-refractivity contribution >= 4 is 23.0 Å². The molecule has 0 amide bonds. The number of ether oxygens (including phenoxy) is 2. The highest BCUT2D eigenvalue weighted by molar-refractivity contribution is 7.80. The van der Waals surface area contributed by atoms with Crippen LogP contribution in [0.2, 0.25) is 0 Å². The summed E-state index contributed by atoms with van der Waals surface area (Å²) in [4.78, 5) is 6.15. The predicted molar refractivity (Wildman–Crippen MR) is 91.8 cm³/mol. The van der Waals surface area contributed by atoms with E-state index in [2.05, 4.69) is 24.7 Å². The molecule has 0 bridgehead atoms. The van der Waals surface area contributed by atoms with Crippen molar-refractivity contribution in [3.8, 4) is 11.5 Å². The highest BCUT2D eigenvalue weighted by atomic mass is 32.1. The lowest BCUT2D eigenvalue weighted by molar-refractivity contribution is -0.286. The molecule has 25 heavy (non-hydrogen) atoms. The van der Waals surface area contributed by atoms with Gasteiger partial charge in [0.15, 0.2) is 16.6 Å². The number of likely N-dealkylation sites (tertiary alicyclic amines) is 1. The van der Waals surface area contributed by atoms with Crippen molar-refractivity contribution in [2.45, 2.75) is 25.2 Å². The van der Waals surface area contributed by atoms with E-state index >= 15 is 0 Å². The number of nitrogens with one attached hydrogen (secondary N) is 1. The topological polar surface area (TPSA) is 46.6 Å². The first-order valence-electron chi connectivity index (χ1n) is 7.89. The maximum absolute atomic E-state index is 13.1. The molecule has 0 aliphatic carbocycles. The first-order valence-corrected chi connectivity index (χ1v) is 8.30. The Morgan fingerprint density at radius 1 is 1.20 bits per heavy atom. The van der Waals surface area contributed by atoms with Gasteiger partial charge in [0, 0.05) is 30.7 Å². The fourth-order valence-electron chi connectivity index (χ4n) is 3.16. The summed E-state index contributed by atoms with van der Waals surface area (Å²) >= 11 is 5.52. The summed E-state index contributed by atoms with van der Waals surface area (Å²) in [6.07, 6.45) is 1.94. The molecule has 2 aliphatic rings. The third kappa shape index (κ3) is 3.21. The van der Waals surface area contributed by atoms with E-state index in [0.29, 0.717) is 10.8 Å². The molecule has 0 radical (unpaired) electrons. The van der Waals surface area contributed by atoms with Gasteiger partial charge in [-0.2, -0.15) is 0 Å². The van der Waals surface area contributed by atoms with Gasteiger partial charge in [-0.05, 0) is 54.9 Å². The van der Waals surface area contributed by atoms with Crippen LogP contribution in [0, 0.1) is 0 Å². The first-order chi connectivity index (χ1) is 12.0. The van der Waals surface area contributed by atoms with E-state index in [0.717, 1.165) is 24.9 Å². The number of nitrogens with zero attached hydrogens (tertiary/aromatic N) is 2. The smallest absolute Gasteiger partial charge is 0.395 e. The van der Waals surface area contributed by atoms with Crippen LogP contribution in [0.25, 0.3) is 0 Å². The maximum Gasteiger partial charge on any atom is 0.586 e. The summed E-state index contributed by atoms with van der Waals surface area (Å²) in [6, 6.07) is 8.67. The van der Waals surface area contributed by atoms with Crippen LogP contribution >= 0.6 is 12.2 Å². The van der Waals surface area contributed by atoms with Gasteiger partial charge in [-0.15, -0.1) is 8.78 Å². The maximum atomic E-state index is 13.1. The second-order valence-corrected chi connectivity index (χ2v) is 6.28. The number of thiocarbonyl (C=S) groups is 1. The Morgan fingerprint density at radius 2 is 1.96 bits per heavy atom. The van der Waals surface area contributed by atoms with Crippen LogP contribution in [-0.4, -0.2) is 27.8 Å². The van der Waals surface area contributed by atoms with Gasteiger partial charge in [0.2, 0.25) is 0 Å². The SMILES string of the molecule is FC1(F)Oc2ccc(NC(=S)N3CCCC3c3ccncc3)cc2O1. The number of hydrogen-bond acceptors (Lipinski definition) is 4. The lowest BCUT2D eigenvalue weighted by Gasteiger charge is -2.28.